The standard InChI is InChI=1S/C16H22ClNO3/c1-12(2)11-20-10-9-18-15(19)16(3,4)21-14-7-5-13(17)6-8-14/h5-8H,1,9-11H2,2-4H3,(H,18,19). The summed E-state index contributed by atoms with van der Waals surface area (Å²) in [6.45, 7) is 10.4. The van der Waals surface area contributed by atoms with Crippen LogP contribution in [-0.2, 0) is 9.53 Å². The summed E-state index contributed by atoms with van der Waals surface area (Å²) in [4.78, 5) is 12.1. The first kappa shape index (κ1) is 17.5. The van der Waals surface area contributed by atoms with Gasteiger partial charge in [-0.3, -0.25) is 4.79 Å². The van der Waals surface area contributed by atoms with E-state index in [-0.39, 0.29) is 5.91 Å². The molecule has 0 radical (unpaired) electrons. The van der Waals surface area contributed by atoms with E-state index in [9.17, 15) is 4.79 Å². The molecule has 116 valence electrons. The first-order valence-electron chi connectivity index (χ1n) is 6.76. The fraction of sp³-hybridized carbons (Fsp3) is 0.438. The molecule has 0 atom stereocenters. The lowest BCUT2D eigenvalue weighted by atomic mass is 10.1. The van der Waals surface area contributed by atoms with Gasteiger partial charge in [-0.1, -0.05) is 23.8 Å². The second-order valence-corrected chi connectivity index (χ2v) is 5.77. The highest BCUT2D eigenvalue weighted by Gasteiger charge is 2.29. The average Bonchev–Trinajstić information content (AvgIpc) is 2.40. The molecular weight excluding hydrogens is 290 g/mol. The molecule has 0 spiro atoms. The largest absolute Gasteiger partial charge is 0.478 e. The van der Waals surface area contributed by atoms with E-state index in [1.54, 1.807) is 38.1 Å². The molecule has 0 unspecified atom stereocenters. The topological polar surface area (TPSA) is 47.6 Å². The minimum atomic E-state index is -0.970. The minimum absolute atomic E-state index is 0.198. The number of amides is 1. The van der Waals surface area contributed by atoms with Crippen molar-refractivity contribution in [1.29, 1.82) is 0 Å². The van der Waals surface area contributed by atoms with Gasteiger partial charge in [-0.05, 0) is 45.0 Å². The number of rotatable bonds is 8. The maximum absolute atomic E-state index is 12.1. The van der Waals surface area contributed by atoms with E-state index in [0.29, 0.717) is 30.5 Å². The monoisotopic (exact) mass is 311 g/mol. The lowest BCUT2D eigenvalue weighted by molar-refractivity contribution is -0.134. The summed E-state index contributed by atoms with van der Waals surface area (Å²) in [5.74, 6) is 0.398. The van der Waals surface area contributed by atoms with Crippen molar-refractivity contribution in [3.8, 4) is 5.75 Å². The van der Waals surface area contributed by atoms with Crippen molar-refractivity contribution in [1.82, 2.24) is 5.32 Å². The van der Waals surface area contributed by atoms with Crippen molar-refractivity contribution < 1.29 is 14.3 Å². The molecule has 4 nitrogen and oxygen atoms in total. The second-order valence-electron chi connectivity index (χ2n) is 5.33. The Balaban J connectivity index is 2.40. The Morgan fingerprint density at radius 2 is 1.95 bits per heavy atom. The number of halogens is 1. The lowest BCUT2D eigenvalue weighted by Crippen LogP contribution is -2.47. The Labute approximate surface area is 131 Å². The Bertz CT molecular complexity index is 483. The van der Waals surface area contributed by atoms with Gasteiger partial charge in [0.2, 0.25) is 0 Å². The Hall–Kier alpha value is -1.52. The molecule has 1 N–H and O–H groups in total. The van der Waals surface area contributed by atoms with Crippen LogP contribution in [0, 0.1) is 0 Å². The van der Waals surface area contributed by atoms with Crippen molar-refractivity contribution in [3.05, 3.63) is 41.4 Å². The lowest BCUT2D eigenvalue weighted by Gasteiger charge is -2.25. The smallest absolute Gasteiger partial charge is 0.263 e. The summed E-state index contributed by atoms with van der Waals surface area (Å²) >= 11 is 5.81. The Kier molecular flexibility index (Phi) is 6.72. The molecule has 1 rings (SSSR count). The van der Waals surface area contributed by atoms with E-state index >= 15 is 0 Å². The van der Waals surface area contributed by atoms with E-state index in [1.807, 2.05) is 6.92 Å². The number of ether oxygens (including phenoxy) is 2. The van der Waals surface area contributed by atoms with Gasteiger partial charge in [0.1, 0.15) is 5.75 Å². The molecule has 0 bridgehead atoms. The van der Waals surface area contributed by atoms with Crippen molar-refractivity contribution in [3.63, 3.8) is 0 Å². The van der Waals surface area contributed by atoms with Crippen LogP contribution in [0.3, 0.4) is 0 Å². The molecule has 1 aromatic rings. The van der Waals surface area contributed by atoms with Crippen LogP contribution < -0.4 is 10.1 Å². The van der Waals surface area contributed by atoms with Crippen LogP contribution in [0.5, 0.6) is 5.75 Å². The quantitative estimate of drug-likeness (QED) is 0.592. The van der Waals surface area contributed by atoms with Gasteiger partial charge >= 0.3 is 0 Å². The molecule has 1 aromatic carbocycles. The molecule has 0 aromatic heterocycles. The van der Waals surface area contributed by atoms with Crippen LogP contribution in [0.4, 0.5) is 0 Å². The first-order chi connectivity index (χ1) is 9.81. The van der Waals surface area contributed by atoms with Crippen LogP contribution in [0.25, 0.3) is 0 Å². The number of benzene rings is 1. The maximum Gasteiger partial charge on any atom is 0.263 e. The van der Waals surface area contributed by atoms with Crippen LogP contribution >= 0.6 is 11.6 Å². The third-order valence-corrected chi connectivity index (χ3v) is 2.87. The highest BCUT2D eigenvalue weighted by atomic mass is 35.5. The number of carbonyl (C=O) groups is 1. The minimum Gasteiger partial charge on any atom is -0.478 e. The molecular formula is C16H22ClNO3. The summed E-state index contributed by atoms with van der Waals surface area (Å²) in [7, 11) is 0. The Morgan fingerprint density at radius 3 is 2.52 bits per heavy atom. The zero-order valence-corrected chi connectivity index (χ0v) is 13.5. The highest BCUT2D eigenvalue weighted by molar-refractivity contribution is 6.30. The molecule has 0 aliphatic rings. The van der Waals surface area contributed by atoms with Crippen molar-refractivity contribution in [2.75, 3.05) is 19.8 Å². The van der Waals surface area contributed by atoms with Crippen molar-refractivity contribution >= 4 is 17.5 Å². The van der Waals surface area contributed by atoms with Gasteiger partial charge in [-0.25, -0.2) is 0 Å². The summed E-state index contributed by atoms with van der Waals surface area (Å²) in [5.41, 5.74) is -0.0185. The van der Waals surface area contributed by atoms with Gasteiger partial charge < -0.3 is 14.8 Å². The molecule has 0 heterocycles. The van der Waals surface area contributed by atoms with Gasteiger partial charge in [0.25, 0.3) is 5.91 Å². The van der Waals surface area contributed by atoms with Gasteiger partial charge in [-0.2, -0.15) is 0 Å². The fourth-order valence-corrected chi connectivity index (χ4v) is 1.67. The number of carbonyl (C=O) groups excluding carboxylic acids is 1. The summed E-state index contributed by atoms with van der Waals surface area (Å²) in [6.07, 6.45) is 0. The number of hydrogen-bond donors (Lipinski definition) is 1. The van der Waals surface area contributed by atoms with Gasteiger partial charge in [0, 0.05) is 11.6 Å². The molecule has 0 aliphatic carbocycles. The third-order valence-electron chi connectivity index (χ3n) is 2.61. The number of hydrogen-bond acceptors (Lipinski definition) is 3. The molecule has 0 aliphatic heterocycles. The third kappa shape index (κ3) is 6.65. The summed E-state index contributed by atoms with van der Waals surface area (Å²) in [5, 5.41) is 3.41. The zero-order valence-electron chi connectivity index (χ0n) is 12.7. The van der Waals surface area contributed by atoms with Crippen molar-refractivity contribution in [2.24, 2.45) is 0 Å². The molecule has 5 heteroatoms. The predicted octanol–water partition coefficient (Wildman–Crippen LogP) is 3.21. The van der Waals surface area contributed by atoms with Gasteiger partial charge in [0.15, 0.2) is 5.60 Å². The normalized spacial score (nSPS) is 11.0. The molecule has 21 heavy (non-hydrogen) atoms. The highest BCUT2D eigenvalue weighted by Crippen LogP contribution is 2.20. The summed E-state index contributed by atoms with van der Waals surface area (Å²) in [6, 6.07) is 6.90. The van der Waals surface area contributed by atoms with Crippen LogP contribution in [0.1, 0.15) is 20.8 Å². The first-order valence-corrected chi connectivity index (χ1v) is 7.14. The van der Waals surface area contributed by atoms with Gasteiger partial charge in [-0.15, -0.1) is 0 Å². The Morgan fingerprint density at radius 1 is 1.33 bits per heavy atom. The molecule has 1 amide bonds. The zero-order chi connectivity index (χ0) is 15.9. The second kappa shape index (κ2) is 8.05. The van der Waals surface area contributed by atoms with E-state index in [1.165, 1.54) is 0 Å². The SMILES string of the molecule is C=C(C)COCCNC(=O)C(C)(C)Oc1ccc(Cl)cc1. The van der Waals surface area contributed by atoms with E-state index < -0.39 is 5.60 Å². The van der Waals surface area contributed by atoms with E-state index in [2.05, 4.69) is 11.9 Å². The van der Waals surface area contributed by atoms with Crippen LogP contribution in [-0.4, -0.2) is 31.3 Å². The van der Waals surface area contributed by atoms with Crippen molar-refractivity contribution in [2.45, 2.75) is 26.4 Å². The molecule has 0 saturated carbocycles. The fourth-order valence-electron chi connectivity index (χ4n) is 1.54. The predicted molar refractivity (Wildman–Crippen MR) is 84.8 cm³/mol. The maximum atomic E-state index is 12.1. The molecule has 0 saturated heterocycles. The van der Waals surface area contributed by atoms with E-state index in [4.69, 9.17) is 21.1 Å². The van der Waals surface area contributed by atoms with Crippen LogP contribution in [0.2, 0.25) is 5.02 Å². The summed E-state index contributed by atoms with van der Waals surface area (Å²) < 4.78 is 11.0. The van der Waals surface area contributed by atoms with E-state index in [0.717, 1.165) is 5.57 Å². The van der Waals surface area contributed by atoms with Gasteiger partial charge in [0.05, 0.1) is 13.2 Å². The molecule has 0 fully saturated rings. The van der Waals surface area contributed by atoms with Crippen LogP contribution in [0.15, 0.2) is 36.4 Å². The number of nitrogens with one attached hydrogen (secondary N) is 1. The average molecular weight is 312 g/mol.